The average Bonchev–Trinajstić information content (AvgIpc) is 2.88. The number of anilines is 1. The Balaban J connectivity index is 0.00000119. The van der Waals surface area contributed by atoms with Crippen LogP contribution >= 0.6 is 12.6 Å². The number of carbonyl (C=O) groups is 3. The van der Waals surface area contributed by atoms with Crippen LogP contribution in [0.1, 0.15) is 75.9 Å². The normalized spacial score (nSPS) is 18.1. The molecule has 2 heterocycles. The molecule has 2 N–H and O–H groups in total. The monoisotopic (exact) mass is 616 g/mol. The van der Waals surface area contributed by atoms with Gasteiger partial charge in [-0.05, 0) is 87.8 Å². The second-order valence-corrected chi connectivity index (χ2v) is 12.0. The molecule has 43 heavy (non-hydrogen) atoms. The molecule has 0 aliphatic heterocycles. The van der Waals surface area contributed by atoms with Crippen molar-refractivity contribution in [3.05, 3.63) is 77.5 Å². The van der Waals surface area contributed by atoms with Gasteiger partial charge in [-0.1, -0.05) is 13.0 Å². The Labute approximate surface area is 254 Å². The largest absolute Gasteiger partial charge is 0.444 e. The maximum absolute atomic E-state index is 14.5. The molecular weight excluding hydrogens is 581 g/mol. The lowest BCUT2D eigenvalue weighted by atomic mass is 9.76. The number of hydrogen-bond donors (Lipinski definition) is 3. The Hall–Kier alpha value is -3.93. The van der Waals surface area contributed by atoms with Gasteiger partial charge >= 0.3 is 6.09 Å². The molecule has 12 heteroatoms. The third-order valence-electron chi connectivity index (χ3n) is 6.48. The van der Waals surface area contributed by atoms with Crippen LogP contribution in [0.3, 0.4) is 0 Å². The highest BCUT2D eigenvalue weighted by Crippen LogP contribution is 2.39. The van der Waals surface area contributed by atoms with Gasteiger partial charge in [0.25, 0.3) is 5.91 Å². The quantitative estimate of drug-likeness (QED) is 0.265. The van der Waals surface area contributed by atoms with Crippen LogP contribution in [0.25, 0.3) is 11.3 Å². The van der Waals surface area contributed by atoms with Gasteiger partial charge in [0.1, 0.15) is 34.4 Å². The summed E-state index contributed by atoms with van der Waals surface area (Å²) in [6.07, 6.45) is 4.89. The number of hydrogen-bond acceptors (Lipinski definition) is 6. The van der Waals surface area contributed by atoms with Crippen LogP contribution < -0.4 is 10.6 Å². The van der Waals surface area contributed by atoms with E-state index >= 15 is 0 Å². The SMILES string of the molecule is CC(=O)S.CC1CC(NC(=O)OC(C)(C)C)CC(c2ccncc2NC(=O)c2ccc(F)c(-c3c(F)cccc3F)n2)C1. The molecule has 3 unspecified atom stereocenters. The van der Waals surface area contributed by atoms with Crippen molar-refractivity contribution in [3.8, 4) is 11.3 Å². The summed E-state index contributed by atoms with van der Waals surface area (Å²) in [5.41, 5.74) is -0.817. The summed E-state index contributed by atoms with van der Waals surface area (Å²) >= 11 is 3.33. The lowest BCUT2D eigenvalue weighted by Gasteiger charge is -2.35. The van der Waals surface area contributed by atoms with E-state index in [0.717, 1.165) is 48.7 Å². The predicted octanol–water partition coefficient (Wildman–Crippen LogP) is 7.07. The Morgan fingerprint density at radius 2 is 1.63 bits per heavy atom. The van der Waals surface area contributed by atoms with E-state index < -0.39 is 46.3 Å². The van der Waals surface area contributed by atoms with Crippen molar-refractivity contribution in [3.63, 3.8) is 0 Å². The zero-order valence-electron chi connectivity index (χ0n) is 24.6. The maximum Gasteiger partial charge on any atom is 0.407 e. The third-order valence-corrected chi connectivity index (χ3v) is 6.48. The second kappa shape index (κ2) is 14.5. The molecule has 0 spiro atoms. The highest BCUT2D eigenvalue weighted by atomic mass is 32.1. The summed E-state index contributed by atoms with van der Waals surface area (Å²) < 4.78 is 48.5. The number of alkyl carbamates (subject to hydrolysis) is 1. The molecule has 1 saturated carbocycles. The molecular formula is C31H35F3N4O4S. The van der Waals surface area contributed by atoms with Crippen molar-refractivity contribution in [2.24, 2.45) is 5.92 Å². The molecule has 0 bridgehead atoms. The molecule has 230 valence electrons. The lowest BCUT2D eigenvalue weighted by Crippen LogP contribution is -2.42. The highest BCUT2D eigenvalue weighted by molar-refractivity contribution is 7.96. The summed E-state index contributed by atoms with van der Waals surface area (Å²) in [7, 11) is 0. The van der Waals surface area contributed by atoms with E-state index in [2.05, 4.69) is 40.2 Å². The first-order valence-corrected chi connectivity index (χ1v) is 14.1. The van der Waals surface area contributed by atoms with Crippen molar-refractivity contribution in [1.29, 1.82) is 0 Å². The Morgan fingerprint density at radius 3 is 2.26 bits per heavy atom. The molecule has 0 radical (unpaired) electrons. The van der Waals surface area contributed by atoms with Gasteiger partial charge in [0, 0.05) is 19.2 Å². The molecule has 1 fully saturated rings. The van der Waals surface area contributed by atoms with Crippen LogP contribution in [0.5, 0.6) is 0 Å². The minimum Gasteiger partial charge on any atom is -0.444 e. The zero-order chi connectivity index (χ0) is 31.9. The van der Waals surface area contributed by atoms with Gasteiger partial charge in [0.15, 0.2) is 5.12 Å². The molecule has 4 rings (SSSR count). The number of nitrogens with zero attached hydrogens (tertiary/aromatic N) is 2. The van der Waals surface area contributed by atoms with Crippen molar-refractivity contribution in [2.45, 2.75) is 71.4 Å². The average molecular weight is 617 g/mol. The fourth-order valence-corrected chi connectivity index (χ4v) is 4.97. The summed E-state index contributed by atoms with van der Waals surface area (Å²) in [6.45, 7) is 8.90. The molecule has 8 nitrogen and oxygen atoms in total. The summed E-state index contributed by atoms with van der Waals surface area (Å²) in [6, 6.07) is 6.92. The van der Waals surface area contributed by atoms with Gasteiger partial charge in [-0.3, -0.25) is 14.6 Å². The van der Waals surface area contributed by atoms with Crippen LogP contribution in [-0.4, -0.2) is 38.7 Å². The van der Waals surface area contributed by atoms with E-state index in [4.69, 9.17) is 4.74 Å². The summed E-state index contributed by atoms with van der Waals surface area (Å²) in [5.74, 6) is -3.34. The number of pyridine rings is 2. The number of thiol groups is 1. The van der Waals surface area contributed by atoms with Gasteiger partial charge in [-0.15, -0.1) is 12.6 Å². The Bertz CT molecular complexity index is 1460. The van der Waals surface area contributed by atoms with E-state index in [1.54, 1.807) is 33.0 Å². The van der Waals surface area contributed by atoms with Gasteiger partial charge in [-0.25, -0.2) is 22.9 Å². The third kappa shape index (κ3) is 9.81. The van der Waals surface area contributed by atoms with E-state index in [1.807, 2.05) is 0 Å². The topological polar surface area (TPSA) is 110 Å². The van der Waals surface area contributed by atoms with Crippen LogP contribution in [0.4, 0.5) is 23.7 Å². The maximum atomic E-state index is 14.5. The van der Waals surface area contributed by atoms with Crippen LogP contribution in [0, 0.1) is 23.4 Å². The number of ether oxygens (including phenoxy) is 1. The van der Waals surface area contributed by atoms with Crippen LogP contribution in [0.15, 0.2) is 48.8 Å². The number of nitrogens with one attached hydrogen (secondary N) is 2. The van der Waals surface area contributed by atoms with Crippen molar-refractivity contribution < 1.29 is 32.3 Å². The van der Waals surface area contributed by atoms with Gasteiger partial charge in [-0.2, -0.15) is 0 Å². The molecule has 1 aromatic carbocycles. The first-order valence-electron chi connectivity index (χ1n) is 13.7. The Kier molecular flexibility index (Phi) is 11.3. The Morgan fingerprint density at radius 1 is 0.977 bits per heavy atom. The van der Waals surface area contributed by atoms with Crippen LogP contribution in [-0.2, 0) is 9.53 Å². The summed E-state index contributed by atoms with van der Waals surface area (Å²) in [5, 5.41) is 5.59. The fraction of sp³-hybridized carbons (Fsp3) is 0.387. The molecule has 0 saturated heterocycles. The van der Waals surface area contributed by atoms with Crippen molar-refractivity contribution in [2.75, 3.05) is 5.32 Å². The molecule has 2 aromatic heterocycles. The number of carbonyl (C=O) groups excluding carboxylic acids is 3. The molecule has 2 amide bonds. The standard InChI is InChI=1S/C29H31F3N4O3.C2H4OS/c1-16-12-17(14-18(13-16)34-28(38)39-29(2,3)4)19-10-11-33-15-24(19)36-27(37)23-9-8-22(32)26(35-23)25-20(30)6-5-7-21(25)31;1-2(3)4/h5-11,15-18H,12-14H2,1-4H3,(H,34,38)(H,36,37);1H3,(H,3,4). The zero-order valence-corrected chi connectivity index (χ0v) is 25.5. The van der Waals surface area contributed by atoms with Crippen molar-refractivity contribution >= 4 is 35.4 Å². The summed E-state index contributed by atoms with van der Waals surface area (Å²) in [4.78, 5) is 42.9. The second-order valence-electron chi connectivity index (χ2n) is 11.4. The number of aromatic nitrogens is 2. The van der Waals surface area contributed by atoms with E-state index in [0.29, 0.717) is 12.1 Å². The van der Waals surface area contributed by atoms with Gasteiger partial charge in [0.2, 0.25) is 0 Å². The minimum absolute atomic E-state index is 0.00349. The molecule has 3 atom stereocenters. The molecule has 1 aliphatic rings. The van der Waals surface area contributed by atoms with Gasteiger partial charge < -0.3 is 15.4 Å². The fourth-order valence-electron chi connectivity index (χ4n) is 4.97. The number of amides is 2. The molecule has 3 aromatic rings. The number of benzene rings is 1. The number of rotatable bonds is 5. The molecule has 1 aliphatic carbocycles. The number of halogens is 3. The van der Waals surface area contributed by atoms with E-state index in [1.165, 1.54) is 13.1 Å². The first kappa shape index (κ1) is 33.6. The minimum atomic E-state index is -0.991. The predicted molar refractivity (Wildman–Crippen MR) is 160 cm³/mol. The first-order chi connectivity index (χ1) is 20.1. The lowest BCUT2D eigenvalue weighted by molar-refractivity contribution is -0.108. The van der Waals surface area contributed by atoms with Crippen molar-refractivity contribution in [1.82, 2.24) is 15.3 Å². The van der Waals surface area contributed by atoms with Gasteiger partial charge in [0.05, 0.1) is 17.4 Å². The van der Waals surface area contributed by atoms with E-state index in [9.17, 15) is 27.6 Å². The highest BCUT2D eigenvalue weighted by Gasteiger charge is 2.31. The van der Waals surface area contributed by atoms with Crippen LogP contribution in [0.2, 0.25) is 0 Å². The van der Waals surface area contributed by atoms with E-state index in [-0.39, 0.29) is 28.7 Å². The smallest absolute Gasteiger partial charge is 0.407 e.